The van der Waals surface area contributed by atoms with Crippen molar-refractivity contribution in [3.8, 4) is 0 Å². The Labute approximate surface area is 124 Å². The van der Waals surface area contributed by atoms with E-state index in [1.165, 1.54) is 0 Å². The number of nitrogens with zero attached hydrogens (tertiary/aromatic N) is 2. The first-order valence-corrected chi connectivity index (χ1v) is 7.41. The predicted octanol–water partition coefficient (Wildman–Crippen LogP) is 0.932. The van der Waals surface area contributed by atoms with Crippen molar-refractivity contribution in [2.45, 2.75) is 18.9 Å². The molecular formula is C16H20N2O3. The minimum atomic E-state index is -0.671. The average molecular weight is 288 g/mol. The predicted molar refractivity (Wildman–Crippen MR) is 78.0 cm³/mol. The molecule has 1 aromatic rings. The molecule has 1 amide bonds. The zero-order valence-electron chi connectivity index (χ0n) is 12.2. The first-order valence-electron chi connectivity index (χ1n) is 7.41. The molecule has 2 aliphatic heterocycles. The Morgan fingerprint density at radius 3 is 2.86 bits per heavy atom. The summed E-state index contributed by atoms with van der Waals surface area (Å²) in [6.45, 7) is 3.30. The number of hydrogen-bond acceptors (Lipinski definition) is 4. The van der Waals surface area contributed by atoms with E-state index in [1.54, 1.807) is 6.07 Å². The van der Waals surface area contributed by atoms with Gasteiger partial charge in [-0.3, -0.25) is 4.79 Å². The molecule has 1 aromatic carbocycles. The smallest absolute Gasteiger partial charge is 0.339 e. The van der Waals surface area contributed by atoms with Gasteiger partial charge in [-0.15, -0.1) is 0 Å². The lowest BCUT2D eigenvalue weighted by atomic mass is 9.98. The van der Waals surface area contributed by atoms with Crippen molar-refractivity contribution in [3.63, 3.8) is 0 Å². The lowest BCUT2D eigenvalue weighted by Crippen LogP contribution is -2.45. The summed E-state index contributed by atoms with van der Waals surface area (Å²) in [5, 5.41) is 0. The van der Waals surface area contributed by atoms with E-state index in [9.17, 15) is 9.59 Å². The van der Waals surface area contributed by atoms with Crippen molar-refractivity contribution < 1.29 is 14.3 Å². The van der Waals surface area contributed by atoms with Gasteiger partial charge in [0.1, 0.15) is 0 Å². The van der Waals surface area contributed by atoms with E-state index in [0.717, 1.165) is 31.6 Å². The number of benzene rings is 1. The topological polar surface area (TPSA) is 49.9 Å². The average Bonchev–Trinajstić information content (AvgIpc) is 2.71. The van der Waals surface area contributed by atoms with E-state index in [0.29, 0.717) is 18.5 Å². The summed E-state index contributed by atoms with van der Waals surface area (Å²) in [6, 6.07) is 7.35. The second-order valence-corrected chi connectivity index (χ2v) is 5.74. The van der Waals surface area contributed by atoms with Gasteiger partial charge in [-0.05, 0) is 31.6 Å². The van der Waals surface area contributed by atoms with Gasteiger partial charge in [-0.1, -0.05) is 18.2 Å². The Balaban J connectivity index is 1.73. The van der Waals surface area contributed by atoms with Crippen LogP contribution in [0.15, 0.2) is 24.3 Å². The zero-order chi connectivity index (χ0) is 14.8. The van der Waals surface area contributed by atoms with Crippen LogP contribution in [0.1, 0.15) is 22.3 Å². The number of ether oxygens (including phenoxy) is 1. The second-order valence-electron chi connectivity index (χ2n) is 5.74. The molecule has 1 saturated heterocycles. The van der Waals surface area contributed by atoms with Crippen LogP contribution in [-0.2, 0) is 16.0 Å². The molecule has 5 heteroatoms. The number of cyclic esters (lactones) is 1. The fourth-order valence-electron chi connectivity index (χ4n) is 2.94. The van der Waals surface area contributed by atoms with E-state index in [4.69, 9.17) is 4.74 Å². The highest BCUT2D eigenvalue weighted by atomic mass is 16.5. The van der Waals surface area contributed by atoms with E-state index < -0.39 is 6.10 Å². The van der Waals surface area contributed by atoms with Gasteiger partial charge < -0.3 is 14.5 Å². The van der Waals surface area contributed by atoms with Crippen molar-refractivity contribution in [2.24, 2.45) is 0 Å². The van der Waals surface area contributed by atoms with E-state index >= 15 is 0 Å². The van der Waals surface area contributed by atoms with Crippen LogP contribution in [0.2, 0.25) is 0 Å². The van der Waals surface area contributed by atoms with Crippen molar-refractivity contribution in [1.29, 1.82) is 0 Å². The van der Waals surface area contributed by atoms with Crippen LogP contribution in [-0.4, -0.2) is 61.0 Å². The third-order valence-corrected chi connectivity index (χ3v) is 4.20. The molecule has 0 spiro atoms. The fraction of sp³-hybridized carbons (Fsp3) is 0.500. The summed E-state index contributed by atoms with van der Waals surface area (Å²) in [5.74, 6) is -0.449. The summed E-state index contributed by atoms with van der Waals surface area (Å²) in [5.41, 5.74) is 1.48. The van der Waals surface area contributed by atoms with Crippen LogP contribution in [0.5, 0.6) is 0 Å². The molecule has 1 fully saturated rings. The first-order chi connectivity index (χ1) is 10.1. The van der Waals surface area contributed by atoms with Crippen LogP contribution >= 0.6 is 0 Å². The molecule has 21 heavy (non-hydrogen) atoms. The minimum absolute atomic E-state index is 0.0619. The van der Waals surface area contributed by atoms with Gasteiger partial charge in [0.15, 0.2) is 6.10 Å². The highest BCUT2D eigenvalue weighted by molar-refractivity contribution is 5.95. The Kier molecular flexibility index (Phi) is 3.92. The molecule has 0 saturated carbocycles. The normalized spacial score (nSPS) is 23.2. The number of carbonyl (C=O) groups excluding carboxylic acids is 2. The van der Waals surface area contributed by atoms with Crippen molar-refractivity contribution >= 4 is 11.9 Å². The maximum atomic E-state index is 12.6. The molecule has 112 valence electrons. The second kappa shape index (κ2) is 5.85. The number of hydrogen-bond donors (Lipinski definition) is 0. The summed E-state index contributed by atoms with van der Waals surface area (Å²) in [7, 11) is 2.06. The van der Waals surface area contributed by atoms with E-state index in [-0.39, 0.29) is 11.9 Å². The van der Waals surface area contributed by atoms with Crippen LogP contribution < -0.4 is 0 Å². The standard InChI is InChI=1S/C16H20N2O3/c1-17-7-4-8-18(10-9-17)15(19)14-11-12-5-2-3-6-13(12)16(20)21-14/h2-3,5-6,14H,4,7-11H2,1H3. The Morgan fingerprint density at radius 1 is 1.19 bits per heavy atom. The first kappa shape index (κ1) is 14.1. The highest BCUT2D eigenvalue weighted by Gasteiger charge is 2.34. The summed E-state index contributed by atoms with van der Waals surface area (Å²) >= 11 is 0. The molecule has 1 atom stereocenters. The summed E-state index contributed by atoms with van der Waals surface area (Å²) < 4.78 is 5.35. The number of rotatable bonds is 1. The lowest BCUT2D eigenvalue weighted by molar-refractivity contribution is -0.141. The van der Waals surface area contributed by atoms with Gasteiger partial charge in [-0.25, -0.2) is 4.79 Å². The number of fused-ring (bicyclic) bond motifs is 1. The highest BCUT2D eigenvalue weighted by Crippen LogP contribution is 2.22. The zero-order valence-corrected chi connectivity index (χ0v) is 12.2. The molecule has 1 unspecified atom stereocenters. The quantitative estimate of drug-likeness (QED) is 0.722. The van der Waals surface area contributed by atoms with Gasteiger partial charge in [0.05, 0.1) is 5.56 Å². The molecule has 0 aromatic heterocycles. The molecule has 2 heterocycles. The molecule has 5 nitrogen and oxygen atoms in total. The summed E-state index contributed by atoms with van der Waals surface area (Å²) in [4.78, 5) is 28.6. The van der Waals surface area contributed by atoms with Gasteiger partial charge in [-0.2, -0.15) is 0 Å². The SMILES string of the molecule is CN1CCCN(C(=O)C2Cc3ccccc3C(=O)O2)CC1. The molecule has 0 bridgehead atoms. The Hall–Kier alpha value is -1.88. The minimum Gasteiger partial charge on any atom is -0.448 e. The number of carbonyl (C=O) groups is 2. The van der Waals surface area contributed by atoms with Crippen molar-refractivity contribution in [2.75, 3.05) is 33.2 Å². The van der Waals surface area contributed by atoms with Crippen molar-refractivity contribution in [3.05, 3.63) is 35.4 Å². The van der Waals surface area contributed by atoms with Crippen LogP contribution in [0.3, 0.4) is 0 Å². The largest absolute Gasteiger partial charge is 0.448 e. The molecule has 0 N–H and O–H groups in total. The van der Waals surface area contributed by atoms with Gasteiger partial charge >= 0.3 is 5.97 Å². The van der Waals surface area contributed by atoms with Crippen LogP contribution in [0.4, 0.5) is 0 Å². The van der Waals surface area contributed by atoms with Gasteiger partial charge in [0.2, 0.25) is 0 Å². The number of likely N-dealkylation sites (N-methyl/N-ethyl adjacent to an activating group) is 1. The summed E-state index contributed by atoms with van der Waals surface area (Å²) in [6.07, 6.45) is 0.767. The Morgan fingerprint density at radius 2 is 2.00 bits per heavy atom. The lowest BCUT2D eigenvalue weighted by Gasteiger charge is -2.29. The fourth-order valence-corrected chi connectivity index (χ4v) is 2.94. The number of amides is 1. The molecule has 3 rings (SSSR count). The molecule has 0 radical (unpaired) electrons. The third-order valence-electron chi connectivity index (χ3n) is 4.20. The molecule has 0 aliphatic carbocycles. The maximum Gasteiger partial charge on any atom is 0.339 e. The third kappa shape index (κ3) is 2.93. The van der Waals surface area contributed by atoms with Gasteiger partial charge in [0, 0.05) is 26.1 Å². The number of esters is 1. The van der Waals surface area contributed by atoms with Crippen LogP contribution in [0.25, 0.3) is 0 Å². The van der Waals surface area contributed by atoms with Gasteiger partial charge in [0.25, 0.3) is 5.91 Å². The Bertz CT molecular complexity index is 558. The van der Waals surface area contributed by atoms with Crippen LogP contribution in [0, 0.1) is 0 Å². The van der Waals surface area contributed by atoms with E-state index in [1.807, 2.05) is 23.1 Å². The molecular weight excluding hydrogens is 268 g/mol. The maximum absolute atomic E-state index is 12.6. The molecule has 2 aliphatic rings. The van der Waals surface area contributed by atoms with Crippen molar-refractivity contribution in [1.82, 2.24) is 9.80 Å². The van der Waals surface area contributed by atoms with E-state index in [2.05, 4.69) is 11.9 Å². The monoisotopic (exact) mass is 288 g/mol.